The van der Waals surface area contributed by atoms with Crippen LogP contribution in [-0.2, 0) is 14.3 Å². The Hall–Kier alpha value is -3.19. The molecule has 1 spiro atoms. The van der Waals surface area contributed by atoms with Crippen molar-refractivity contribution in [3.05, 3.63) is 71.3 Å². The predicted molar refractivity (Wildman–Crippen MR) is 143 cm³/mol. The highest BCUT2D eigenvalue weighted by molar-refractivity contribution is 5.99. The third kappa shape index (κ3) is 5.87. The highest BCUT2D eigenvalue weighted by atomic mass is 16.5. The number of likely N-dealkylation sites (tertiary alicyclic amines) is 1. The highest BCUT2D eigenvalue weighted by Gasteiger charge is 2.54. The molecule has 7 nitrogen and oxygen atoms in total. The molecule has 0 radical (unpaired) electrons. The summed E-state index contributed by atoms with van der Waals surface area (Å²) >= 11 is 0. The van der Waals surface area contributed by atoms with E-state index in [1.807, 2.05) is 67.3 Å². The molecule has 3 amide bonds. The van der Waals surface area contributed by atoms with Crippen LogP contribution in [0.1, 0.15) is 74.5 Å². The fraction of sp³-hybridized carbons (Fsp3) is 0.500. The third-order valence-electron chi connectivity index (χ3n) is 7.39. The highest BCUT2D eigenvalue weighted by Crippen LogP contribution is 2.39. The standard InChI is InChI=1S/C30H39N3O4/c1-21-11-9-10-14-24(21)28(36)33-25(27(35)31-22(2)23-12-7-6-8-13-23)20-37-30(33)15-17-32(18-16-30)26(34)19-29(3,4)5/h6-14,22,25H,15-20H2,1-5H3,(H,31,35)/t22-,25-/m0/s1. The van der Waals surface area contributed by atoms with Gasteiger partial charge in [0.2, 0.25) is 11.8 Å². The van der Waals surface area contributed by atoms with Crippen molar-refractivity contribution in [1.82, 2.24) is 15.1 Å². The average molecular weight is 506 g/mol. The molecule has 2 heterocycles. The van der Waals surface area contributed by atoms with E-state index in [-0.39, 0.29) is 35.8 Å². The quantitative estimate of drug-likeness (QED) is 0.650. The van der Waals surface area contributed by atoms with Gasteiger partial charge in [-0.2, -0.15) is 0 Å². The van der Waals surface area contributed by atoms with Crippen molar-refractivity contribution in [3.63, 3.8) is 0 Å². The van der Waals surface area contributed by atoms with Gasteiger partial charge in [-0.05, 0) is 36.5 Å². The molecule has 1 N–H and O–H groups in total. The van der Waals surface area contributed by atoms with Crippen LogP contribution in [0.4, 0.5) is 0 Å². The van der Waals surface area contributed by atoms with Gasteiger partial charge in [-0.25, -0.2) is 0 Å². The van der Waals surface area contributed by atoms with Crippen LogP contribution in [0.5, 0.6) is 0 Å². The number of nitrogens with zero attached hydrogens (tertiary/aromatic N) is 2. The predicted octanol–water partition coefficient (Wildman–Crippen LogP) is 4.47. The van der Waals surface area contributed by atoms with Crippen LogP contribution in [0.15, 0.2) is 54.6 Å². The summed E-state index contributed by atoms with van der Waals surface area (Å²) in [6, 6.07) is 16.2. The number of amides is 3. The van der Waals surface area contributed by atoms with Gasteiger partial charge in [0.25, 0.3) is 5.91 Å². The Labute approximate surface area is 220 Å². The van der Waals surface area contributed by atoms with Crippen molar-refractivity contribution in [2.45, 2.75) is 71.7 Å². The Morgan fingerprint density at radius 1 is 1.03 bits per heavy atom. The van der Waals surface area contributed by atoms with E-state index in [4.69, 9.17) is 4.74 Å². The van der Waals surface area contributed by atoms with Gasteiger partial charge in [0.05, 0.1) is 12.6 Å². The number of rotatable bonds is 5. The molecular weight excluding hydrogens is 466 g/mol. The monoisotopic (exact) mass is 505 g/mol. The minimum absolute atomic E-state index is 0.0957. The van der Waals surface area contributed by atoms with Gasteiger partial charge in [0.15, 0.2) is 0 Å². The number of aryl methyl sites for hydroxylation is 1. The van der Waals surface area contributed by atoms with Crippen LogP contribution in [0.25, 0.3) is 0 Å². The maximum Gasteiger partial charge on any atom is 0.257 e. The van der Waals surface area contributed by atoms with E-state index >= 15 is 0 Å². The van der Waals surface area contributed by atoms with Gasteiger partial charge in [-0.15, -0.1) is 0 Å². The van der Waals surface area contributed by atoms with Crippen LogP contribution < -0.4 is 5.32 Å². The van der Waals surface area contributed by atoms with E-state index in [0.29, 0.717) is 37.9 Å². The van der Waals surface area contributed by atoms with E-state index < -0.39 is 11.8 Å². The van der Waals surface area contributed by atoms with E-state index in [0.717, 1.165) is 11.1 Å². The molecular formula is C30H39N3O4. The summed E-state index contributed by atoms with van der Waals surface area (Å²) in [7, 11) is 0. The molecule has 0 aliphatic carbocycles. The summed E-state index contributed by atoms with van der Waals surface area (Å²) in [4.78, 5) is 44.0. The molecule has 2 fully saturated rings. The first kappa shape index (κ1) is 26.9. The molecule has 198 valence electrons. The number of nitrogens with one attached hydrogen (secondary N) is 1. The first-order valence-electron chi connectivity index (χ1n) is 13.2. The van der Waals surface area contributed by atoms with E-state index in [9.17, 15) is 14.4 Å². The topological polar surface area (TPSA) is 79.0 Å². The molecule has 2 saturated heterocycles. The summed E-state index contributed by atoms with van der Waals surface area (Å²) in [6.07, 6.45) is 1.41. The molecule has 2 aliphatic heterocycles. The normalized spacial score (nSPS) is 20.1. The minimum atomic E-state index is -0.921. The number of hydrogen-bond acceptors (Lipinski definition) is 4. The zero-order valence-electron chi connectivity index (χ0n) is 22.6. The van der Waals surface area contributed by atoms with Crippen LogP contribution >= 0.6 is 0 Å². The van der Waals surface area contributed by atoms with Crippen molar-refractivity contribution < 1.29 is 19.1 Å². The minimum Gasteiger partial charge on any atom is -0.353 e. The number of piperidine rings is 1. The molecule has 2 aromatic rings. The maximum absolute atomic E-state index is 14.0. The molecule has 0 unspecified atom stereocenters. The Morgan fingerprint density at radius 3 is 2.27 bits per heavy atom. The summed E-state index contributed by atoms with van der Waals surface area (Å²) in [6.45, 7) is 11.1. The fourth-order valence-corrected chi connectivity index (χ4v) is 5.32. The van der Waals surface area contributed by atoms with Crippen molar-refractivity contribution in [2.75, 3.05) is 19.7 Å². The maximum atomic E-state index is 14.0. The van der Waals surface area contributed by atoms with Crippen LogP contribution in [0.3, 0.4) is 0 Å². The van der Waals surface area contributed by atoms with Crippen LogP contribution in [0, 0.1) is 12.3 Å². The summed E-state index contributed by atoms with van der Waals surface area (Å²) in [5.41, 5.74) is 1.39. The molecule has 4 rings (SSSR count). The van der Waals surface area contributed by atoms with Crippen molar-refractivity contribution in [1.29, 1.82) is 0 Å². The lowest BCUT2D eigenvalue weighted by Gasteiger charge is -2.45. The molecule has 7 heteroatoms. The Kier molecular flexibility index (Phi) is 7.74. The van der Waals surface area contributed by atoms with Gasteiger partial charge < -0.3 is 15.0 Å². The lowest BCUT2D eigenvalue weighted by atomic mass is 9.90. The Bertz CT molecular complexity index is 1130. The Balaban J connectivity index is 1.58. The lowest BCUT2D eigenvalue weighted by Crippen LogP contribution is -2.60. The SMILES string of the molecule is Cc1ccccc1C(=O)N1[C@H](C(=O)N[C@@H](C)c2ccccc2)COC12CCN(C(=O)CC(C)(C)C)CC2. The average Bonchev–Trinajstić information content (AvgIpc) is 3.22. The molecule has 0 aromatic heterocycles. The fourth-order valence-electron chi connectivity index (χ4n) is 5.32. The summed E-state index contributed by atoms with van der Waals surface area (Å²) in [5.74, 6) is -0.331. The van der Waals surface area contributed by atoms with Crippen LogP contribution in [-0.4, -0.2) is 59.0 Å². The zero-order valence-corrected chi connectivity index (χ0v) is 22.6. The molecule has 0 saturated carbocycles. The number of hydrogen-bond donors (Lipinski definition) is 1. The molecule has 0 bridgehead atoms. The molecule has 2 aliphatic rings. The van der Waals surface area contributed by atoms with Crippen molar-refractivity contribution >= 4 is 17.7 Å². The summed E-state index contributed by atoms with van der Waals surface area (Å²) in [5, 5.41) is 3.09. The molecule has 2 atom stereocenters. The van der Waals surface area contributed by atoms with E-state index in [1.165, 1.54) is 0 Å². The van der Waals surface area contributed by atoms with Gasteiger partial charge in [0.1, 0.15) is 11.8 Å². The second-order valence-corrected chi connectivity index (χ2v) is 11.5. The third-order valence-corrected chi connectivity index (χ3v) is 7.39. The second-order valence-electron chi connectivity index (χ2n) is 11.5. The summed E-state index contributed by atoms with van der Waals surface area (Å²) < 4.78 is 6.33. The smallest absolute Gasteiger partial charge is 0.257 e. The number of carbonyl (C=O) groups is 3. The van der Waals surface area contributed by atoms with E-state index in [1.54, 1.807) is 11.0 Å². The first-order chi connectivity index (χ1) is 17.5. The van der Waals surface area contributed by atoms with Gasteiger partial charge in [0, 0.05) is 37.9 Å². The number of carbonyl (C=O) groups excluding carboxylic acids is 3. The van der Waals surface area contributed by atoms with Crippen LogP contribution in [0.2, 0.25) is 0 Å². The lowest BCUT2D eigenvalue weighted by molar-refractivity contribution is -0.145. The molecule has 2 aromatic carbocycles. The number of ether oxygens (including phenoxy) is 1. The van der Waals surface area contributed by atoms with Gasteiger partial charge in [-0.3, -0.25) is 19.3 Å². The zero-order chi connectivity index (χ0) is 26.8. The van der Waals surface area contributed by atoms with E-state index in [2.05, 4.69) is 26.1 Å². The van der Waals surface area contributed by atoms with Gasteiger partial charge >= 0.3 is 0 Å². The van der Waals surface area contributed by atoms with Crippen molar-refractivity contribution in [2.24, 2.45) is 5.41 Å². The largest absolute Gasteiger partial charge is 0.353 e. The Morgan fingerprint density at radius 2 is 1.65 bits per heavy atom. The second kappa shape index (κ2) is 10.7. The van der Waals surface area contributed by atoms with Gasteiger partial charge in [-0.1, -0.05) is 69.3 Å². The number of benzene rings is 2. The van der Waals surface area contributed by atoms with Crippen molar-refractivity contribution in [3.8, 4) is 0 Å². The first-order valence-corrected chi connectivity index (χ1v) is 13.2. The molecule has 37 heavy (non-hydrogen) atoms.